The molecule has 0 fully saturated rings. The van der Waals surface area contributed by atoms with Crippen molar-refractivity contribution in [2.24, 2.45) is 18.7 Å². The van der Waals surface area contributed by atoms with Crippen molar-refractivity contribution in [1.82, 2.24) is 20.2 Å². The van der Waals surface area contributed by atoms with E-state index in [2.05, 4.69) is 15.4 Å². The van der Waals surface area contributed by atoms with Crippen molar-refractivity contribution in [1.29, 1.82) is 0 Å². The lowest BCUT2D eigenvalue weighted by atomic mass is 9.99. The molecule has 1 aromatic heterocycles. The minimum absolute atomic E-state index is 0.0308. The SMILES string of the molecule is CC(C)CC(N)C(=O)Cc1nnn(C)n1. The van der Waals surface area contributed by atoms with E-state index in [9.17, 15) is 4.79 Å². The summed E-state index contributed by atoms with van der Waals surface area (Å²) >= 11 is 0. The van der Waals surface area contributed by atoms with E-state index >= 15 is 0 Å². The highest BCUT2D eigenvalue weighted by Crippen LogP contribution is 2.05. The Balaban J connectivity index is 2.48. The Morgan fingerprint density at radius 2 is 2.20 bits per heavy atom. The maximum absolute atomic E-state index is 11.6. The van der Waals surface area contributed by atoms with Gasteiger partial charge in [0.2, 0.25) is 0 Å². The van der Waals surface area contributed by atoms with E-state index in [1.807, 2.05) is 13.8 Å². The summed E-state index contributed by atoms with van der Waals surface area (Å²) in [6, 6.07) is -0.422. The molecule has 0 spiro atoms. The maximum Gasteiger partial charge on any atom is 0.182 e. The number of ketones is 1. The molecule has 0 aliphatic carbocycles. The zero-order valence-corrected chi connectivity index (χ0v) is 9.34. The van der Waals surface area contributed by atoms with Gasteiger partial charge in [0.25, 0.3) is 0 Å². The Morgan fingerprint density at radius 3 is 2.67 bits per heavy atom. The van der Waals surface area contributed by atoms with Crippen molar-refractivity contribution in [3.63, 3.8) is 0 Å². The summed E-state index contributed by atoms with van der Waals surface area (Å²) in [5.74, 6) is 0.817. The molecule has 0 aliphatic rings. The minimum Gasteiger partial charge on any atom is -0.321 e. The summed E-state index contributed by atoms with van der Waals surface area (Å²) in [7, 11) is 1.66. The zero-order valence-electron chi connectivity index (χ0n) is 9.34. The number of hydrogen-bond donors (Lipinski definition) is 1. The van der Waals surface area contributed by atoms with Gasteiger partial charge in [0.05, 0.1) is 19.5 Å². The first-order valence-electron chi connectivity index (χ1n) is 5.00. The van der Waals surface area contributed by atoms with Gasteiger partial charge in [-0.05, 0) is 17.6 Å². The number of carbonyl (C=O) groups is 1. The summed E-state index contributed by atoms with van der Waals surface area (Å²) in [5, 5.41) is 11.3. The lowest BCUT2D eigenvalue weighted by Gasteiger charge is -2.11. The van der Waals surface area contributed by atoms with Crippen LogP contribution in [0.15, 0.2) is 0 Å². The quantitative estimate of drug-likeness (QED) is 0.722. The lowest BCUT2D eigenvalue weighted by Crippen LogP contribution is -2.33. The third-order valence-electron chi connectivity index (χ3n) is 2.02. The van der Waals surface area contributed by atoms with Crippen molar-refractivity contribution in [3.8, 4) is 0 Å². The Hall–Kier alpha value is -1.30. The molecule has 84 valence electrons. The second-order valence-corrected chi connectivity index (χ2v) is 4.07. The average molecular weight is 211 g/mol. The van der Waals surface area contributed by atoms with Gasteiger partial charge in [-0.15, -0.1) is 10.2 Å². The van der Waals surface area contributed by atoms with E-state index < -0.39 is 6.04 Å². The van der Waals surface area contributed by atoms with Gasteiger partial charge in [-0.25, -0.2) is 0 Å². The van der Waals surface area contributed by atoms with E-state index in [0.717, 1.165) is 0 Å². The molecule has 0 saturated heterocycles. The van der Waals surface area contributed by atoms with E-state index in [0.29, 0.717) is 18.2 Å². The molecular formula is C9H17N5O. The van der Waals surface area contributed by atoms with Crippen LogP contribution in [0.4, 0.5) is 0 Å². The fourth-order valence-electron chi connectivity index (χ4n) is 1.32. The summed E-state index contributed by atoms with van der Waals surface area (Å²) in [4.78, 5) is 12.9. The minimum atomic E-state index is -0.422. The summed E-state index contributed by atoms with van der Waals surface area (Å²) in [5.41, 5.74) is 5.74. The highest BCUT2D eigenvalue weighted by molar-refractivity contribution is 5.85. The Labute approximate surface area is 88.8 Å². The summed E-state index contributed by atoms with van der Waals surface area (Å²) in [6.45, 7) is 4.07. The third-order valence-corrected chi connectivity index (χ3v) is 2.02. The molecule has 1 atom stereocenters. The van der Waals surface area contributed by atoms with Crippen molar-refractivity contribution < 1.29 is 4.79 Å². The van der Waals surface area contributed by atoms with Crippen LogP contribution in [0, 0.1) is 5.92 Å². The molecule has 1 heterocycles. The number of nitrogens with zero attached hydrogens (tertiary/aromatic N) is 4. The molecule has 0 radical (unpaired) electrons. The van der Waals surface area contributed by atoms with Crippen LogP contribution in [0.25, 0.3) is 0 Å². The maximum atomic E-state index is 11.6. The van der Waals surface area contributed by atoms with Crippen LogP contribution in [0.2, 0.25) is 0 Å². The zero-order chi connectivity index (χ0) is 11.4. The van der Waals surface area contributed by atoms with Gasteiger partial charge in [-0.2, -0.15) is 4.80 Å². The number of nitrogens with two attached hydrogens (primary N) is 1. The van der Waals surface area contributed by atoms with Crippen LogP contribution in [0.3, 0.4) is 0 Å². The van der Waals surface area contributed by atoms with Gasteiger partial charge in [0.1, 0.15) is 0 Å². The molecule has 6 nitrogen and oxygen atoms in total. The van der Waals surface area contributed by atoms with Gasteiger partial charge < -0.3 is 5.73 Å². The first kappa shape index (κ1) is 11.8. The van der Waals surface area contributed by atoms with Gasteiger partial charge >= 0.3 is 0 Å². The number of rotatable bonds is 5. The number of carbonyl (C=O) groups excluding carboxylic acids is 1. The van der Waals surface area contributed by atoms with Crippen LogP contribution in [-0.4, -0.2) is 32.0 Å². The molecule has 0 aliphatic heterocycles. The molecule has 0 amide bonds. The Bertz CT molecular complexity index is 333. The number of tetrazole rings is 1. The fraction of sp³-hybridized carbons (Fsp3) is 0.778. The fourth-order valence-corrected chi connectivity index (χ4v) is 1.32. The standard InChI is InChI=1S/C9H17N5O/c1-6(2)4-7(10)8(15)5-9-11-13-14(3)12-9/h6-7H,4-5,10H2,1-3H3. The Kier molecular flexibility index (Phi) is 3.90. The molecule has 15 heavy (non-hydrogen) atoms. The molecule has 0 saturated carbocycles. The van der Waals surface area contributed by atoms with E-state index in [1.165, 1.54) is 4.80 Å². The van der Waals surface area contributed by atoms with Crippen LogP contribution >= 0.6 is 0 Å². The van der Waals surface area contributed by atoms with Gasteiger partial charge in [0, 0.05) is 0 Å². The molecule has 0 bridgehead atoms. The first-order valence-corrected chi connectivity index (χ1v) is 5.00. The van der Waals surface area contributed by atoms with E-state index in [1.54, 1.807) is 7.05 Å². The third kappa shape index (κ3) is 3.75. The van der Waals surface area contributed by atoms with Gasteiger partial charge in [-0.1, -0.05) is 13.8 Å². The highest BCUT2D eigenvalue weighted by atomic mass is 16.1. The number of hydrogen-bond acceptors (Lipinski definition) is 5. The van der Waals surface area contributed by atoms with Crippen molar-refractivity contribution in [3.05, 3.63) is 5.82 Å². The predicted molar refractivity (Wildman–Crippen MR) is 54.9 cm³/mol. The Morgan fingerprint density at radius 1 is 1.53 bits per heavy atom. The molecule has 1 aromatic rings. The topological polar surface area (TPSA) is 86.7 Å². The molecule has 0 aromatic carbocycles. The van der Waals surface area contributed by atoms with Crippen molar-refractivity contribution in [2.45, 2.75) is 32.7 Å². The average Bonchev–Trinajstić information content (AvgIpc) is 2.50. The number of Topliss-reactive ketones (excluding diaryl/α,β-unsaturated/α-hetero) is 1. The molecule has 2 N–H and O–H groups in total. The predicted octanol–water partition coefficient (Wildman–Crippen LogP) is -0.305. The number of aromatic nitrogens is 4. The smallest absolute Gasteiger partial charge is 0.182 e. The van der Waals surface area contributed by atoms with E-state index in [-0.39, 0.29) is 12.2 Å². The molecular weight excluding hydrogens is 194 g/mol. The lowest BCUT2D eigenvalue weighted by molar-refractivity contribution is -0.120. The van der Waals surface area contributed by atoms with Crippen LogP contribution < -0.4 is 5.73 Å². The highest BCUT2D eigenvalue weighted by Gasteiger charge is 2.17. The second-order valence-electron chi connectivity index (χ2n) is 4.07. The first-order chi connectivity index (χ1) is 6.99. The molecule has 1 rings (SSSR count). The summed E-state index contributed by atoms with van der Waals surface area (Å²) < 4.78 is 0. The monoisotopic (exact) mass is 211 g/mol. The number of aryl methyl sites for hydroxylation is 1. The molecule has 6 heteroatoms. The van der Waals surface area contributed by atoms with Crippen molar-refractivity contribution in [2.75, 3.05) is 0 Å². The van der Waals surface area contributed by atoms with Crippen LogP contribution in [-0.2, 0) is 18.3 Å². The normalized spacial score (nSPS) is 13.1. The van der Waals surface area contributed by atoms with Gasteiger partial charge in [0.15, 0.2) is 11.6 Å². The summed E-state index contributed by atoms with van der Waals surface area (Å²) in [6.07, 6.45) is 0.862. The largest absolute Gasteiger partial charge is 0.321 e. The second kappa shape index (κ2) is 4.97. The van der Waals surface area contributed by atoms with E-state index in [4.69, 9.17) is 5.73 Å². The van der Waals surface area contributed by atoms with Crippen LogP contribution in [0.1, 0.15) is 26.1 Å². The van der Waals surface area contributed by atoms with Gasteiger partial charge in [-0.3, -0.25) is 4.79 Å². The van der Waals surface area contributed by atoms with Crippen LogP contribution in [0.5, 0.6) is 0 Å². The molecule has 1 unspecified atom stereocenters. The van der Waals surface area contributed by atoms with Crippen molar-refractivity contribution >= 4 is 5.78 Å².